The number of benzene rings is 1. The van der Waals surface area contributed by atoms with Gasteiger partial charge in [0.1, 0.15) is 11.6 Å². The quantitative estimate of drug-likeness (QED) is 0.786. The van der Waals surface area contributed by atoms with Crippen LogP contribution in [0.1, 0.15) is 16.8 Å². The standard InChI is InChI=1S/C14H13F2NO5/c1-21-13(19)7-3-12(18)17(6-7)11-4-8(14(20)22-2)9(15)5-10(11)16/h4-5,7H,3,6H2,1-2H3. The molecule has 1 heterocycles. The summed E-state index contributed by atoms with van der Waals surface area (Å²) in [4.78, 5) is 35.8. The van der Waals surface area contributed by atoms with E-state index in [0.717, 1.165) is 18.1 Å². The average molecular weight is 313 g/mol. The zero-order chi connectivity index (χ0) is 16.4. The van der Waals surface area contributed by atoms with E-state index in [2.05, 4.69) is 9.47 Å². The van der Waals surface area contributed by atoms with Crippen molar-refractivity contribution in [3.8, 4) is 0 Å². The van der Waals surface area contributed by atoms with Crippen molar-refractivity contribution in [3.63, 3.8) is 0 Å². The molecule has 0 N–H and O–H groups in total. The van der Waals surface area contributed by atoms with Gasteiger partial charge in [-0.2, -0.15) is 0 Å². The predicted octanol–water partition coefficient (Wildman–Crippen LogP) is 1.28. The third-order valence-corrected chi connectivity index (χ3v) is 3.39. The van der Waals surface area contributed by atoms with Gasteiger partial charge in [-0.25, -0.2) is 13.6 Å². The van der Waals surface area contributed by atoms with Gasteiger partial charge in [-0.15, -0.1) is 0 Å². The molecule has 1 saturated heterocycles. The topological polar surface area (TPSA) is 72.9 Å². The summed E-state index contributed by atoms with van der Waals surface area (Å²) < 4.78 is 36.5. The molecule has 1 aliphatic heterocycles. The van der Waals surface area contributed by atoms with Crippen molar-refractivity contribution in [2.75, 3.05) is 25.7 Å². The Balaban J connectivity index is 2.38. The summed E-state index contributed by atoms with van der Waals surface area (Å²) >= 11 is 0. The molecular weight excluding hydrogens is 300 g/mol. The molecular formula is C14H13F2NO5. The lowest BCUT2D eigenvalue weighted by atomic mass is 10.1. The molecule has 118 valence electrons. The molecule has 1 fully saturated rings. The lowest BCUT2D eigenvalue weighted by Crippen LogP contribution is -2.27. The zero-order valence-electron chi connectivity index (χ0n) is 11.9. The van der Waals surface area contributed by atoms with E-state index in [4.69, 9.17) is 0 Å². The number of rotatable bonds is 3. The molecule has 0 bridgehead atoms. The van der Waals surface area contributed by atoms with Gasteiger partial charge < -0.3 is 14.4 Å². The lowest BCUT2D eigenvalue weighted by molar-refractivity contribution is -0.145. The number of ether oxygens (including phenoxy) is 2. The van der Waals surface area contributed by atoms with E-state index in [1.807, 2.05) is 0 Å². The molecule has 1 amide bonds. The summed E-state index contributed by atoms with van der Waals surface area (Å²) in [6.07, 6.45) is -0.142. The summed E-state index contributed by atoms with van der Waals surface area (Å²) in [7, 11) is 2.24. The van der Waals surface area contributed by atoms with Crippen molar-refractivity contribution in [1.82, 2.24) is 0 Å². The minimum Gasteiger partial charge on any atom is -0.469 e. The molecule has 22 heavy (non-hydrogen) atoms. The van der Waals surface area contributed by atoms with Gasteiger partial charge in [0.05, 0.1) is 31.4 Å². The first kappa shape index (κ1) is 15.9. The van der Waals surface area contributed by atoms with E-state index in [1.165, 1.54) is 7.11 Å². The molecule has 0 aliphatic carbocycles. The Bertz CT molecular complexity index is 646. The molecule has 0 saturated carbocycles. The van der Waals surface area contributed by atoms with Crippen LogP contribution in [-0.4, -0.2) is 38.6 Å². The van der Waals surface area contributed by atoms with Gasteiger partial charge in [-0.3, -0.25) is 9.59 Å². The Hall–Kier alpha value is -2.51. The van der Waals surface area contributed by atoms with Crippen molar-refractivity contribution in [1.29, 1.82) is 0 Å². The van der Waals surface area contributed by atoms with Crippen LogP contribution >= 0.6 is 0 Å². The van der Waals surface area contributed by atoms with Crippen LogP contribution in [0.25, 0.3) is 0 Å². The Morgan fingerprint density at radius 3 is 2.45 bits per heavy atom. The summed E-state index contributed by atoms with van der Waals surface area (Å²) in [5.41, 5.74) is -0.772. The molecule has 1 atom stereocenters. The second kappa shape index (κ2) is 6.08. The Labute approximate surface area is 124 Å². The van der Waals surface area contributed by atoms with Crippen LogP contribution < -0.4 is 4.90 Å². The van der Waals surface area contributed by atoms with Gasteiger partial charge in [-0.05, 0) is 6.07 Å². The first-order valence-electron chi connectivity index (χ1n) is 6.34. The SMILES string of the molecule is COC(=O)c1cc(N2CC(C(=O)OC)CC2=O)c(F)cc1F. The number of methoxy groups -OCH3 is 2. The van der Waals surface area contributed by atoms with Crippen molar-refractivity contribution in [2.24, 2.45) is 5.92 Å². The fourth-order valence-corrected chi connectivity index (χ4v) is 2.28. The molecule has 1 unspecified atom stereocenters. The molecule has 1 aliphatic rings. The molecule has 1 aromatic carbocycles. The van der Waals surface area contributed by atoms with Gasteiger partial charge >= 0.3 is 11.9 Å². The van der Waals surface area contributed by atoms with Crippen molar-refractivity contribution in [2.45, 2.75) is 6.42 Å². The maximum Gasteiger partial charge on any atom is 0.340 e. The minimum absolute atomic E-state index is 0.103. The molecule has 8 heteroatoms. The van der Waals surface area contributed by atoms with Crippen molar-refractivity contribution >= 4 is 23.5 Å². The number of carbonyl (C=O) groups is 3. The summed E-state index contributed by atoms with van der Waals surface area (Å²) in [6.45, 7) is -0.103. The van der Waals surface area contributed by atoms with E-state index < -0.39 is 41.0 Å². The van der Waals surface area contributed by atoms with E-state index >= 15 is 0 Å². The minimum atomic E-state index is -1.09. The summed E-state index contributed by atoms with van der Waals surface area (Å²) in [5.74, 6) is -4.94. The number of amides is 1. The molecule has 0 spiro atoms. The van der Waals surface area contributed by atoms with Crippen molar-refractivity contribution < 1.29 is 32.6 Å². The van der Waals surface area contributed by atoms with Gasteiger partial charge in [-0.1, -0.05) is 0 Å². The summed E-state index contributed by atoms with van der Waals surface area (Å²) in [5, 5.41) is 0. The highest BCUT2D eigenvalue weighted by Crippen LogP contribution is 2.30. The zero-order valence-corrected chi connectivity index (χ0v) is 11.9. The second-order valence-electron chi connectivity index (χ2n) is 4.70. The van der Waals surface area contributed by atoms with Gasteiger partial charge in [0, 0.05) is 19.0 Å². The van der Waals surface area contributed by atoms with Crippen LogP contribution in [0.2, 0.25) is 0 Å². The number of halogens is 2. The van der Waals surface area contributed by atoms with Gasteiger partial charge in [0.2, 0.25) is 5.91 Å². The van der Waals surface area contributed by atoms with E-state index in [0.29, 0.717) is 6.07 Å². The molecule has 0 radical (unpaired) electrons. The lowest BCUT2D eigenvalue weighted by Gasteiger charge is -2.18. The van der Waals surface area contributed by atoms with E-state index in [-0.39, 0.29) is 18.7 Å². The van der Waals surface area contributed by atoms with Crippen LogP contribution in [0.15, 0.2) is 12.1 Å². The van der Waals surface area contributed by atoms with Crippen LogP contribution in [0, 0.1) is 17.6 Å². The van der Waals surface area contributed by atoms with Crippen LogP contribution in [0.4, 0.5) is 14.5 Å². The number of hydrogen-bond donors (Lipinski definition) is 0. The number of esters is 2. The molecule has 1 aromatic rings. The number of anilines is 1. The first-order valence-corrected chi connectivity index (χ1v) is 6.34. The normalized spacial score (nSPS) is 17.5. The maximum absolute atomic E-state index is 13.9. The Morgan fingerprint density at radius 2 is 1.86 bits per heavy atom. The smallest absolute Gasteiger partial charge is 0.340 e. The van der Waals surface area contributed by atoms with Gasteiger partial charge in [0.15, 0.2) is 0 Å². The fraction of sp³-hybridized carbons (Fsp3) is 0.357. The molecule has 0 aromatic heterocycles. The Morgan fingerprint density at radius 1 is 1.18 bits per heavy atom. The highest BCUT2D eigenvalue weighted by Gasteiger charge is 2.37. The third kappa shape index (κ3) is 2.76. The highest BCUT2D eigenvalue weighted by molar-refractivity contribution is 6.00. The largest absolute Gasteiger partial charge is 0.469 e. The second-order valence-corrected chi connectivity index (χ2v) is 4.70. The van der Waals surface area contributed by atoms with Crippen molar-refractivity contribution in [3.05, 3.63) is 29.3 Å². The number of nitrogens with zero attached hydrogens (tertiary/aromatic N) is 1. The Kier molecular flexibility index (Phi) is 4.39. The van der Waals surface area contributed by atoms with E-state index in [1.54, 1.807) is 0 Å². The number of hydrogen-bond acceptors (Lipinski definition) is 5. The number of carbonyl (C=O) groups excluding carboxylic acids is 3. The first-order chi connectivity index (χ1) is 10.4. The monoisotopic (exact) mass is 313 g/mol. The average Bonchev–Trinajstić information content (AvgIpc) is 2.87. The predicted molar refractivity (Wildman–Crippen MR) is 70.2 cm³/mol. The molecule has 6 nitrogen and oxygen atoms in total. The van der Waals surface area contributed by atoms with E-state index in [9.17, 15) is 23.2 Å². The molecule has 2 rings (SSSR count). The summed E-state index contributed by atoms with van der Waals surface area (Å²) in [6, 6.07) is 1.40. The van der Waals surface area contributed by atoms with Gasteiger partial charge in [0.25, 0.3) is 0 Å². The van der Waals surface area contributed by atoms with Crippen LogP contribution in [0.5, 0.6) is 0 Å². The van der Waals surface area contributed by atoms with Crippen LogP contribution in [0.3, 0.4) is 0 Å². The maximum atomic E-state index is 13.9. The highest BCUT2D eigenvalue weighted by atomic mass is 19.1. The van der Waals surface area contributed by atoms with Crippen LogP contribution in [-0.2, 0) is 19.1 Å². The third-order valence-electron chi connectivity index (χ3n) is 3.39. The fourth-order valence-electron chi connectivity index (χ4n) is 2.28.